The lowest BCUT2D eigenvalue weighted by molar-refractivity contribution is -0.132. The van der Waals surface area contributed by atoms with Crippen LogP contribution in [0.4, 0.5) is 4.39 Å². The summed E-state index contributed by atoms with van der Waals surface area (Å²) < 4.78 is 16.2. The van der Waals surface area contributed by atoms with Crippen LogP contribution >= 0.6 is 12.2 Å². The van der Waals surface area contributed by atoms with Crippen molar-refractivity contribution in [2.75, 3.05) is 13.6 Å². The Morgan fingerprint density at radius 3 is 2.90 bits per heavy atom. The maximum Gasteiger partial charge on any atom is 0.222 e. The molecule has 0 radical (unpaired) electrons. The summed E-state index contributed by atoms with van der Waals surface area (Å²) in [5.41, 5.74) is 2.21. The smallest absolute Gasteiger partial charge is 0.222 e. The van der Waals surface area contributed by atoms with E-state index >= 15 is 0 Å². The summed E-state index contributed by atoms with van der Waals surface area (Å²) in [6.07, 6.45) is 1.29. The van der Waals surface area contributed by atoms with Crippen LogP contribution in [0.5, 0.6) is 0 Å². The van der Waals surface area contributed by atoms with Crippen LogP contribution in [0.25, 0.3) is 11.0 Å². The van der Waals surface area contributed by atoms with Gasteiger partial charge in [0.2, 0.25) is 5.91 Å². The molecule has 1 saturated heterocycles. The second kappa shape index (κ2) is 4.70. The Morgan fingerprint density at radius 1 is 1.45 bits per heavy atom. The van der Waals surface area contributed by atoms with E-state index < -0.39 is 0 Å². The minimum Gasteiger partial charge on any atom is -0.344 e. The van der Waals surface area contributed by atoms with Crippen LogP contribution in [0.2, 0.25) is 0 Å². The summed E-state index contributed by atoms with van der Waals surface area (Å²) in [6, 6.07) is 3.44. The molecule has 2 heterocycles. The predicted molar refractivity (Wildman–Crippen MR) is 77.7 cm³/mol. The van der Waals surface area contributed by atoms with Crippen molar-refractivity contribution >= 4 is 29.2 Å². The fraction of sp³-hybridized carbons (Fsp3) is 0.429. The van der Waals surface area contributed by atoms with Gasteiger partial charge in [-0.3, -0.25) is 4.79 Å². The Morgan fingerprint density at radius 2 is 2.20 bits per heavy atom. The van der Waals surface area contributed by atoms with Crippen LogP contribution in [0.3, 0.4) is 0 Å². The number of amides is 1. The number of carbonyl (C=O) groups is 1. The number of halogens is 1. The molecule has 1 atom stereocenters. The highest BCUT2D eigenvalue weighted by atomic mass is 32.1. The van der Waals surface area contributed by atoms with Crippen molar-refractivity contribution in [3.05, 3.63) is 28.3 Å². The number of nitrogens with one attached hydrogen (secondary N) is 1. The van der Waals surface area contributed by atoms with Gasteiger partial charge >= 0.3 is 0 Å². The quantitative estimate of drug-likeness (QED) is 0.821. The van der Waals surface area contributed by atoms with E-state index in [9.17, 15) is 9.18 Å². The van der Waals surface area contributed by atoms with Gasteiger partial charge < -0.3 is 14.5 Å². The van der Waals surface area contributed by atoms with Crippen molar-refractivity contribution in [2.45, 2.75) is 25.8 Å². The molecule has 20 heavy (non-hydrogen) atoms. The summed E-state index contributed by atoms with van der Waals surface area (Å²) in [7, 11) is 1.80. The van der Waals surface area contributed by atoms with Crippen LogP contribution in [0, 0.1) is 17.5 Å². The van der Waals surface area contributed by atoms with E-state index in [1.807, 2.05) is 10.6 Å². The summed E-state index contributed by atoms with van der Waals surface area (Å²) in [6.45, 7) is 2.38. The molecule has 0 spiro atoms. The molecule has 1 amide bonds. The second-order valence-electron chi connectivity index (χ2n) is 5.39. The molecule has 106 valence electrons. The van der Waals surface area contributed by atoms with E-state index in [0.717, 1.165) is 11.9 Å². The number of hydrogen-bond donors (Lipinski definition) is 1. The highest BCUT2D eigenvalue weighted by Crippen LogP contribution is 2.27. The first kappa shape index (κ1) is 13.3. The number of fused-ring (bicyclic) bond motifs is 1. The third kappa shape index (κ3) is 2.04. The average molecular weight is 293 g/mol. The van der Waals surface area contributed by atoms with Gasteiger partial charge in [-0.2, -0.15) is 0 Å². The van der Waals surface area contributed by atoms with Crippen LogP contribution in [0.1, 0.15) is 24.4 Å². The highest BCUT2D eigenvalue weighted by molar-refractivity contribution is 7.71. The predicted octanol–water partition coefficient (Wildman–Crippen LogP) is 2.94. The lowest BCUT2D eigenvalue weighted by Crippen LogP contribution is -2.37. The molecule has 1 aliphatic rings. The number of hydrogen-bond acceptors (Lipinski definition) is 2. The normalized spacial score (nSPS) is 19.9. The van der Waals surface area contributed by atoms with E-state index in [1.165, 1.54) is 6.07 Å². The Bertz CT molecular complexity index is 749. The standard InChI is InChI=1S/C14H16FN3OS/c1-8-5-12-11(6-10(8)15)16-14(20)18(12)9-3-4-13(19)17(2)7-9/h5-6,9H,3-4,7H2,1-2H3,(H,16,20). The fourth-order valence-corrected chi connectivity index (χ4v) is 3.17. The number of aryl methyl sites for hydroxylation is 1. The van der Waals surface area contributed by atoms with Crippen LogP contribution < -0.4 is 0 Å². The van der Waals surface area contributed by atoms with Crippen molar-refractivity contribution in [1.82, 2.24) is 14.5 Å². The van der Waals surface area contributed by atoms with Gasteiger partial charge in [0.1, 0.15) is 5.82 Å². The molecule has 1 aliphatic heterocycles. The summed E-state index contributed by atoms with van der Waals surface area (Å²) in [5.74, 6) is -0.0772. The third-order valence-corrected chi connectivity index (χ3v) is 4.26. The van der Waals surface area contributed by atoms with Crippen molar-refractivity contribution in [3.8, 4) is 0 Å². The molecule has 6 heteroatoms. The van der Waals surface area contributed by atoms with Crippen LogP contribution in [-0.2, 0) is 4.79 Å². The SMILES string of the molecule is Cc1cc2c(cc1F)[nH]c(=S)n2C1CCC(=O)N(C)C1. The molecular weight excluding hydrogens is 277 g/mol. The van der Waals surface area contributed by atoms with Gasteiger partial charge in [-0.1, -0.05) is 0 Å². The monoisotopic (exact) mass is 293 g/mol. The van der Waals surface area contributed by atoms with Crippen LogP contribution in [-0.4, -0.2) is 34.0 Å². The van der Waals surface area contributed by atoms with Gasteiger partial charge in [0.25, 0.3) is 0 Å². The molecule has 1 unspecified atom stereocenters. The minimum absolute atomic E-state index is 0.142. The number of nitrogens with zero attached hydrogens (tertiary/aromatic N) is 2. The van der Waals surface area contributed by atoms with E-state index in [0.29, 0.717) is 28.8 Å². The van der Waals surface area contributed by atoms with Crippen molar-refractivity contribution in [2.24, 2.45) is 0 Å². The number of H-pyrrole nitrogens is 1. The van der Waals surface area contributed by atoms with Crippen molar-refractivity contribution in [3.63, 3.8) is 0 Å². The first-order valence-electron chi connectivity index (χ1n) is 6.61. The first-order chi connectivity index (χ1) is 9.47. The molecule has 0 bridgehead atoms. The van der Waals surface area contributed by atoms with Gasteiger partial charge in [-0.15, -0.1) is 0 Å². The van der Waals surface area contributed by atoms with E-state index in [-0.39, 0.29) is 17.8 Å². The van der Waals surface area contributed by atoms with Gasteiger partial charge in [0, 0.05) is 20.0 Å². The van der Waals surface area contributed by atoms with Crippen molar-refractivity contribution in [1.29, 1.82) is 0 Å². The van der Waals surface area contributed by atoms with Gasteiger partial charge in [0.15, 0.2) is 4.77 Å². The van der Waals surface area contributed by atoms with Gasteiger partial charge in [-0.25, -0.2) is 4.39 Å². The lowest BCUT2D eigenvalue weighted by Gasteiger charge is -2.30. The molecule has 2 aromatic rings. The average Bonchev–Trinajstić information content (AvgIpc) is 2.69. The number of likely N-dealkylation sites (tertiary alicyclic amines) is 1. The van der Waals surface area contributed by atoms with Crippen molar-refractivity contribution < 1.29 is 9.18 Å². The lowest BCUT2D eigenvalue weighted by atomic mass is 10.1. The molecule has 1 aromatic heterocycles. The Balaban J connectivity index is 2.12. The zero-order valence-corrected chi connectivity index (χ0v) is 12.3. The molecule has 3 rings (SSSR count). The maximum absolute atomic E-state index is 13.6. The third-order valence-electron chi connectivity index (χ3n) is 3.96. The number of imidazole rings is 1. The Kier molecular flexibility index (Phi) is 3.12. The molecule has 0 aliphatic carbocycles. The number of likely N-dealkylation sites (N-methyl/N-ethyl adjacent to an activating group) is 1. The number of piperidine rings is 1. The minimum atomic E-state index is -0.239. The van der Waals surface area contributed by atoms with E-state index in [1.54, 1.807) is 18.9 Å². The number of rotatable bonds is 1. The number of aromatic amines is 1. The molecule has 1 N–H and O–H groups in total. The van der Waals surface area contributed by atoms with Gasteiger partial charge in [-0.05, 0) is 43.3 Å². The van der Waals surface area contributed by atoms with Crippen LogP contribution in [0.15, 0.2) is 12.1 Å². The number of benzene rings is 1. The highest BCUT2D eigenvalue weighted by Gasteiger charge is 2.26. The molecule has 1 aromatic carbocycles. The summed E-state index contributed by atoms with van der Waals surface area (Å²) in [4.78, 5) is 16.4. The topological polar surface area (TPSA) is 41.0 Å². The molecule has 4 nitrogen and oxygen atoms in total. The Hall–Kier alpha value is -1.69. The second-order valence-corrected chi connectivity index (χ2v) is 5.77. The molecule has 1 fully saturated rings. The number of aromatic nitrogens is 2. The molecular formula is C14H16FN3OS. The zero-order valence-electron chi connectivity index (χ0n) is 11.4. The number of carbonyl (C=O) groups excluding carboxylic acids is 1. The molecule has 0 saturated carbocycles. The first-order valence-corrected chi connectivity index (χ1v) is 7.02. The Labute approximate surface area is 121 Å². The van der Waals surface area contributed by atoms with E-state index in [2.05, 4.69) is 4.98 Å². The fourth-order valence-electron chi connectivity index (χ4n) is 2.81. The zero-order chi connectivity index (χ0) is 14.4. The largest absolute Gasteiger partial charge is 0.344 e. The van der Waals surface area contributed by atoms with E-state index in [4.69, 9.17) is 12.2 Å². The maximum atomic E-state index is 13.6. The summed E-state index contributed by atoms with van der Waals surface area (Å²) in [5, 5.41) is 0. The van der Waals surface area contributed by atoms with Gasteiger partial charge in [0.05, 0.1) is 17.1 Å². The summed E-state index contributed by atoms with van der Waals surface area (Å²) >= 11 is 5.37.